The van der Waals surface area contributed by atoms with Gasteiger partial charge in [0.1, 0.15) is 17.5 Å². The number of hydrogen-bond acceptors (Lipinski definition) is 6. The summed E-state index contributed by atoms with van der Waals surface area (Å²) >= 11 is 0. The fourth-order valence-corrected chi connectivity index (χ4v) is 11.3. The van der Waals surface area contributed by atoms with Gasteiger partial charge in [-0.05, 0) is 147 Å². The number of benzene rings is 6. The van der Waals surface area contributed by atoms with Crippen LogP contribution in [0.5, 0.6) is 0 Å². The van der Waals surface area contributed by atoms with Crippen LogP contribution in [0.4, 0.5) is 42.5 Å². The van der Waals surface area contributed by atoms with E-state index in [1.165, 1.54) is 6.07 Å². The molecule has 0 bridgehead atoms. The zero-order valence-corrected chi connectivity index (χ0v) is 46.6. The van der Waals surface area contributed by atoms with E-state index < -0.39 is 40.9 Å². The van der Waals surface area contributed by atoms with Gasteiger partial charge >= 0.3 is 12.2 Å². The van der Waals surface area contributed by atoms with Gasteiger partial charge in [-0.25, -0.2) is 27.3 Å². The molecule has 0 saturated heterocycles. The summed E-state index contributed by atoms with van der Waals surface area (Å²) in [5.41, 5.74) is 25.1. The number of amides is 3. The van der Waals surface area contributed by atoms with Crippen LogP contribution in [0.25, 0.3) is 33.9 Å². The summed E-state index contributed by atoms with van der Waals surface area (Å²) in [6.07, 6.45) is -3.10. The molecular weight excluding hydrogens is 1030 g/mol. The third-order valence-corrected chi connectivity index (χ3v) is 15.6. The normalized spacial score (nSPS) is 13.8. The largest absolute Gasteiger partial charge is 0.416 e. The highest BCUT2D eigenvalue weighted by Gasteiger charge is 2.44. The summed E-state index contributed by atoms with van der Waals surface area (Å²) in [5.74, 6) is -2.15. The number of nitrogens with zero attached hydrogens (tertiary/aromatic N) is 6. The molecule has 8 aromatic rings. The number of carbonyl (C=O) groups is 2. The fraction of sp³-hybridized carbons (Fsp3) is 0.302. The number of halogens is 6. The summed E-state index contributed by atoms with van der Waals surface area (Å²) in [6.45, 7) is 21.7. The van der Waals surface area contributed by atoms with E-state index >= 15 is 8.78 Å². The minimum atomic E-state index is -4.45. The lowest BCUT2D eigenvalue weighted by atomic mass is 9.97. The highest BCUT2D eigenvalue weighted by atomic mass is 19.4. The molecule has 0 spiro atoms. The van der Waals surface area contributed by atoms with Gasteiger partial charge in [-0.15, -0.1) is 0 Å². The van der Waals surface area contributed by atoms with Crippen molar-refractivity contribution >= 4 is 23.3 Å². The predicted molar refractivity (Wildman–Crippen MR) is 301 cm³/mol. The quantitative estimate of drug-likeness (QED) is 0.104. The van der Waals surface area contributed by atoms with Crippen molar-refractivity contribution in [2.75, 3.05) is 10.2 Å². The first-order chi connectivity index (χ1) is 37.8. The molecule has 4 heterocycles. The molecule has 0 fully saturated rings. The number of urea groups is 1. The van der Waals surface area contributed by atoms with Crippen LogP contribution in [0.3, 0.4) is 0 Å². The van der Waals surface area contributed by atoms with Crippen LogP contribution in [-0.2, 0) is 50.7 Å². The molecule has 17 heteroatoms. The zero-order chi connectivity index (χ0) is 57.9. The van der Waals surface area contributed by atoms with Crippen molar-refractivity contribution in [1.82, 2.24) is 24.5 Å². The van der Waals surface area contributed by atoms with Crippen LogP contribution in [0.2, 0.25) is 0 Å². The van der Waals surface area contributed by atoms with Crippen LogP contribution >= 0.6 is 0 Å². The molecule has 0 aliphatic carbocycles. The first-order valence-corrected chi connectivity index (χ1v) is 26.7. The molecule has 5 N–H and O–H groups in total. The van der Waals surface area contributed by atoms with Crippen molar-refractivity contribution in [1.29, 1.82) is 0 Å². The molecule has 2 aromatic heterocycles. The lowest BCUT2D eigenvalue weighted by Gasteiger charge is -2.32. The Kier molecular flexibility index (Phi) is 15.4. The van der Waals surface area contributed by atoms with Crippen molar-refractivity contribution in [3.05, 3.63) is 199 Å². The van der Waals surface area contributed by atoms with Gasteiger partial charge in [-0.3, -0.25) is 9.69 Å². The number of alkyl halides is 3. The highest BCUT2D eigenvalue weighted by Crippen LogP contribution is 2.47. The van der Waals surface area contributed by atoms with Crippen LogP contribution in [0, 0.1) is 45.1 Å². The Bertz CT molecular complexity index is 3680. The molecule has 10 rings (SSSR count). The second-order valence-electron chi connectivity index (χ2n) is 21.6. The molecule has 6 aromatic carbocycles. The van der Waals surface area contributed by atoms with Crippen LogP contribution in [-0.4, -0.2) is 36.4 Å². The van der Waals surface area contributed by atoms with E-state index in [-0.39, 0.29) is 29.5 Å². The Balaban J connectivity index is 0.000000197. The van der Waals surface area contributed by atoms with Gasteiger partial charge < -0.3 is 21.7 Å². The Morgan fingerprint density at radius 2 is 1.31 bits per heavy atom. The maximum atomic E-state index is 15.9. The van der Waals surface area contributed by atoms with Crippen molar-refractivity contribution < 1.29 is 35.9 Å². The second kappa shape index (κ2) is 21.8. The maximum absolute atomic E-state index is 15.9. The molecular formula is C63H65F6N9O2. The van der Waals surface area contributed by atoms with Crippen LogP contribution < -0.4 is 21.7 Å². The third-order valence-electron chi connectivity index (χ3n) is 15.6. The highest BCUT2D eigenvalue weighted by molar-refractivity contribution is 5.93. The van der Waals surface area contributed by atoms with E-state index in [9.17, 15) is 27.2 Å². The summed E-state index contributed by atoms with van der Waals surface area (Å²) in [7, 11) is 0. The van der Waals surface area contributed by atoms with Gasteiger partial charge in [0.25, 0.3) is 0 Å². The molecule has 11 nitrogen and oxygen atoms in total. The van der Waals surface area contributed by atoms with Gasteiger partial charge in [-0.1, -0.05) is 82.3 Å². The average molecular weight is 1090 g/mol. The number of aromatic nitrogens is 4. The Hall–Kier alpha value is -8.18. The Morgan fingerprint density at radius 3 is 1.90 bits per heavy atom. The first kappa shape index (κ1) is 56.5. The summed E-state index contributed by atoms with van der Waals surface area (Å²) in [6, 6.07) is 27.8. The summed E-state index contributed by atoms with van der Waals surface area (Å²) < 4.78 is 89.4. The topological polar surface area (TPSA) is 140 Å². The van der Waals surface area contributed by atoms with Crippen molar-refractivity contribution in [3.63, 3.8) is 0 Å². The van der Waals surface area contributed by atoms with Crippen molar-refractivity contribution in [2.45, 2.75) is 126 Å². The number of primary amides is 2. The lowest BCUT2D eigenvalue weighted by molar-refractivity contribution is -0.137. The van der Waals surface area contributed by atoms with E-state index in [2.05, 4.69) is 47.2 Å². The van der Waals surface area contributed by atoms with Crippen molar-refractivity contribution in [3.8, 4) is 33.9 Å². The van der Waals surface area contributed by atoms with E-state index in [1.807, 2.05) is 89.5 Å². The van der Waals surface area contributed by atoms with Crippen LogP contribution in [0.1, 0.15) is 130 Å². The number of hydrogen-bond donors (Lipinski definition) is 3. The zero-order valence-electron chi connectivity index (χ0n) is 46.6. The monoisotopic (exact) mass is 1090 g/mol. The SMILES string of the molecule is CCc1cccc(CC)c1-n1nc2c(c1-c1cc(F)c(NC(N)=O)cc1F)CN(Cc1ccc(C(F)(F)F)cc1C)C2(C)C.Cc1cc(F)c(C(C)C)cc1N1Cc2nn(-c3c(C)cccc3C)c(-c3ccc(C(N)=O)cc3)c2C1. The molecule has 0 radical (unpaired) electrons. The number of fused-ring (bicyclic) bond motifs is 2. The molecule has 0 saturated carbocycles. The number of carbonyl (C=O) groups excluding carboxylic acids is 2. The van der Waals surface area contributed by atoms with Gasteiger partial charge in [0, 0.05) is 59.2 Å². The lowest BCUT2D eigenvalue weighted by Crippen LogP contribution is -2.36. The van der Waals surface area contributed by atoms with Crippen LogP contribution in [0.15, 0.2) is 103 Å². The number of nitrogens with one attached hydrogen (secondary N) is 1. The number of rotatable bonds is 12. The second-order valence-corrected chi connectivity index (χ2v) is 21.6. The Morgan fingerprint density at radius 1 is 0.675 bits per heavy atom. The van der Waals surface area contributed by atoms with Gasteiger partial charge in [0.2, 0.25) is 5.91 Å². The molecule has 2 aliphatic heterocycles. The fourth-order valence-electron chi connectivity index (χ4n) is 11.3. The molecule has 0 unspecified atom stereocenters. The number of nitrogens with two attached hydrogens (primary N) is 2. The number of anilines is 2. The molecule has 0 atom stereocenters. The van der Waals surface area contributed by atoms with E-state index in [0.29, 0.717) is 66.1 Å². The Labute approximate surface area is 462 Å². The smallest absolute Gasteiger partial charge is 0.366 e. The van der Waals surface area contributed by atoms with Gasteiger partial charge in [0.05, 0.1) is 57.5 Å². The molecule has 3 amide bonds. The number of para-hydroxylation sites is 2. The average Bonchev–Trinajstić information content (AvgIpc) is 4.31. The van der Waals surface area contributed by atoms with Gasteiger partial charge in [-0.2, -0.15) is 23.4 Å². The van der Waals surface area contributed by atoms with Crippen molar-refractivity contribution in [2.24, 2.45) is 11.5 Å². The van der Waals surface area contributed by atoms with E-state index in [1.54, 1.807) is 29.8 Å². The minimum Gasteiger partial charge on any atom is -0.366 e. The first-order valence-electron chi connectivity index (χ1n) is 26.7. The van der Waals surface area contributed by atoms with E-state index in [0.717, 1.165) is 97.2 Å². The summed E-state index contributed by atoms with van der Waals surface area (Å²) in [4.78, 5) is 27.4. The molecule has 2 aliphatic rings. The minimum absolute atomic E-state index is 0.0393. The van der Waals surface area contributed by atoms with E-state index in [4.69, 9.17) is 21.7 Å². The maximum Gasteiger partial charge on any atom is 0.416 e. The molecule has 416 valence electrons. The van der Waals surface area contributed by atoms with Gasteiger partial charge in [0.15, 0.2) is 0 Å². The predicted octanol–water partition coefficient (Wildman–Crippen LogP) is 14.4. The molecule has 80 heavy (non-hydrogen) atoms. The third kappa shape index (κ3) is 10.6. The summed E-state index contributed by atoms with van der Waals surface area (Å²) in [5, 5.41) is 12.3. The standard InChI is InChI=1S/C33H34F5N5O.C30H31FN4O/c1-6-19-9-8-10-20(7-2)28(19)43-29(23-14-26(35)27(15-25(23)34)40-31(39)44)24-17-42(32(4,5)30(24)41-43)16-21-11-12-22(13-18(21)3)33(36,37)38;1-17(2)23-14-27(20(5)13-25(23)31)34-15-24-26(16-34)33-35(28-18(3)7-6-8-19(28)4)29(24)21-9-11-22(12-10-21)30(32)36/h8-15H,6-7,16-17H2,1-5H3,(H3,39,40,44);6-14,17H,15-16H2,1-5H3,(H2,32,36). The number of aryl methyl sites for hydroxylation is 6.